The van der Waals surface area contributed by atoms with E-state index in [1.54, 1.807) is 39.1 Å². The van der Waals surface area contributed by atoms with Gasteiger partial charge >= 0.3 is 12.2 Å². The summed E-state index contributed by atoms with van der Waals surface area (Å²) in [5.74, 6) is 7.16. The van der Waals surface area contributed by atoms with Crippen LogP contribution in [0.4, 0.5) is 21.0 Å². The first kappa shape index (κ1) is 42.7. The molecular formula is C35H55BrN4O7Si. The van der Waals surface area contributed by atoms with E-state index in [1.807, 2.05) is 20.8 Å². The Morgan fingerprint density at radius 2 is 1.25 bits per heavy atom. The van der Waals surface area contributed by atoms with E-state index >= 15 is 0 Å². The average Bonchev–Trinajstić information content (AvgIpc) is 2.88. The van der Waals surface area contributed by atoms with Crippen LogP contribution in [0, 0.1) is 11.8 Å². The molecule has 0 atom stereocenters. The molecule has 268 valence electrons. The van der Waals surface area contributed by atoms with E-state index < -0.39 is 31.7 Å². The summed E-state index contributed by atoms with van der Waals surface area (Å²) >= 11 is 3.22. The number of halogens is 1. The van der Waals surface area contributed by atoms with Gasteiger partial charge in [-0.3, -0.25) is 10.6 Å². The van der Waals surface area contributed by atoms with Crippen molar-refractivity contribution in [2.75, 3.05) is 24.9 Å². The number of carbonyl (C=O) groups is 2. The Bertz CT molecular complexity index is 1450. The summed E-state index contributed by atoms with van der Waals surface area (Å²) in [6.07, 6.45) is 3.47. The molecule has 0 saturated carbocycles. The number of aromatic nitrogens is 2. The van der Waals surface area contributed by atoms with Gasteiger partial charge in [0.05, 0.1) is 43.6 Å². The lowest BCUT2D eigenvalue weighted by Crippen LogP contribution is -2.47. The summed E-state index contributed by atoms with van der Waals surface area (Å²) in [5.41, 5.74) is 0.152. The van der Waals surface area contributed by atoms with Crippen molar-refractivity contribution >= 4 is 47.8 Å². The van der Waals surface area contributed by atoms with E-state index in [9.17, 15) is 9.59 Å². The number of nitrogens with one attached hydrogen (secondary N) is 2. The van der Waals surface area contributed by atoms with Crippen LogP contribution in [0.25, 0.3) is 0 Å². The van der Waals surface area contributed by atoms with Crippen LogP contribution in [-0.2, 0) is 13.9 Å². The van der Waals surface area contributed by atoms with E-state index in [-0.39, 0.29) is 10.6 Å². The molecule has 0 fully saturated rings. The van der Waals surface area contributed by atoms with E-state index in [2.05, 4.69) is 96.1 Å². The van der Waals surface area contributed by atoms with Gasteiger partial charge < -0.3 is 23.4 Å². The SMILES string of the molecule is COc1cnc(Br)cc1NC(=O)OC(C)(C)C.COc1cnc(C#CCCC(C)(C)O[Si](C)(C)C(C)(C)C)cc1NC(=O)OC(C)(C)C. The molecule has 2 amide bonds. The lowest BCUT2D eigenvalue weighted by Gasteiger charge is -2.42. The first-order valence-corrected chi connectivity index (χ1v) is 19.4. The van der Waals surface area contributed by atoms with Crippen LogP contribution in [0.15, 0.2) is 29.1 Å². The number of anilines is 2. The van der Waals surface area contributed by atoms with Crippen LogP contribution in [0.2, 0.25) is 18.1 Å². The molecule has 0 radical (unpaired) electrons. The summed E-state index contributed by atoms with van der Waals surface area (Å²) < 4.78 is 28.0. The van der Waals surface area contributed by atoms with Crippen molar-refractivity contribution in [2.24, 2.45) is 0 Å². The Hall–Kier alpha value is -3.34. The number of amides is 2. The molecule has 0 aromatic carbocycles. The molecule has 2 heterocycles. The lowest BCUT2D eigenvalue weighted by atomic mass is 10.0. The molecule has 0 spiro atoms. The summed E-state index contributed by atoms with van der Waals surface area (Å²) in [6, 6.07) is 3.33. The second-order valence-electron chi connectivity index (χ2n) is 15.2. The highest BCUT2D eigenvalue weighted by molar-refractivity contribution is 9.10. The Kier molecular flexibility index (Phi) is 15.4. The minimum absolute atomic E-state index is 0.167. The average molecular weight is 752 g/mol. The van der Waals surface area contributed by atoms with Gasteiger partial charge in [-0.1, -0.05) is 26.7 Å². The molecule has 2 aromatic rings. The van der Waals surface area contributed by atoms with Crippen LogP contribution in [0.5, 0.6) is 11.5 Å². The van der Waals surface area contributed by atoms with Crippen LogP contribution >= 0.6 is 15.9 Å². The van der Waals surface area contributed by atoms with Gasteiger partial charge in [-0.05, 0) is 114 Å². The Balaban J connectivity index is 0.000000569. The normalized spacial score (nSPS) is 12.0. The fraction of sp³-hybridized carbons (Fsp3) is 0.600. The van der Waals surface area contributed by atoms with E-state index in [1.165, 1.54) is 20.4 Å². The highest BCUT2D eigenvalue weighted by Gasteiger charge is 2.41. The summed E-state index contributed by atoms with van der Waals surface area (Å²) in [7, 11) is 1.18. The van der Waals surface area contributed by atoms with Crippen LogP contribution < -0.4 is 20.1 Å². The molecule has 2 aromatic heterocycles. The molecule has 13 heteroatoms. The maximum Gasteiger partial charge on any atom is 0.412 e. The van der Waals surface area contributed by atoms with Gasteiger partial charge in [0.2, 0.25) is 0 Å². The van der Waals surface area contributed by atoms with E-state index in [0.29, 0.717) is 39.6 Å². The van der Waals surface area contributed by atoms with Gasteiger partial charge in [0.15, 0.2) is 19.8 Å². The number of ether oxygens (including phenoxy) is 4. The lowest BCUT2D eigenvalue weighted by molar-refractivity contribution is 0.0624. The Morgan fingerprint density at radius 1 is 0.792 bits per heavy atom. The number of pyridine rings is 2. The molecular weight excluding hydrogens is 696 g/mol. The van der Waals surface area contributed by atoms with Crippen LogP contribution in [0.3, 0.4) is 0 Å². The molecule has 2 rings (SSSR count). The Labute approximate surface area is 296 Å². The highest BCUT2D eigenvalue weighted by atomic mass is 79.9. The molecule has 0 aliphatic rings. The minimum Gasteiger partial charge on any atom is -0.493 e. The van der Waals surface area contributed by atoms with Gasteiger partial charge in [0.1, 0.15) is 21.5 Å². The van der Waals surface area contributed by atoms with Gasteiger partial charge in [0.25, 0.3) is 0 Å². The molecule has 0 bridgehead atoms. The van der Waals surface area contributed by atoms with Gasteiger partial charge in [-0.2, -0.15) is 0 Å². The maximum absolute atomic E-state index is 12.1. The van der Waals surface area contributed by atoms with E-state index in [4.69, 9.17) is 23.4 Å². The number of hydrogen-bond donors (Lipinski definition) is 2. The van der Waals surface area contributed by atoms with Crippen LogP contribution in [0.1, 0.15) is 94.7 Å². The summed E-state index contributed by atoms with van der Waals surface area (Å²) in [6.45, 7) is 26.3. The quantitative estimate of drug-likeness (QED) is 0.154. The molecule has 11 nitrogen and oxygen atoms in total. The molecule has 2 N–H and O–H groups in total. The zero-order valence-electron chi connectivity index (χ0n) is 31.4. The second kappa shape index (κ2) is 17.4. The first-order valence-electron chi connectivity index (χ1n) is 15.7. The fourth-order valence-electron chi connectivity index (χ4n) is 3.69. The van der Waals surface area contributed by atoms with Gasteiger partial charge in [0, 0.05) is 6.42 Å². The molecule has 0 aliphatic carbocycles. The van der Waals surface area contributed by atoms with Crippen LogP contribution in [-0.4, -0.2) is 61.5 Å². The molecule has 0 aliphatic heterocycles. The molecule has 0 unspecified atom stereocenters. The number of hydrogen-bond acceptors (Lipinski definition) is 9. The van der Waals surface area contributed by atoms with Crippen molar-refractivity contribution in [1.82, 2.24) is 9.97 Å². The zero-order chi connectivity index (χ0) is 37.1. The van der Waals surface area contributed by atoms with Crippen molar-refractivity contribution in [3.8, 4) is 23.3 Å². The third-order valence-corrected chi connectivity index (χ3v) is 11.9. The van der Waals surface area contributed by atoms with Crippen molar-refractivity contribution in [1.29, 1.82) is 0 Å². The second-order valence-corrected chi connectivity index (χ2v) is 20.7. The van der Waals surface area contributed by atoms with Crippen molar-refractivity contribution in [3.05, 3.63) is 34.8 Å². The van der Waals surface area contributed by atoms with Gasteiger partial charge in [-0.25, -0.2) is 19.6 Å². The molecule has 0 saturated heterocycles. The standard InChI is InChI=1S/C24H40N2O4Si.C11H15BrN2O3/c1-22(2,3)29-21(27)26-19-16-18(25-17-20(19)28-9)14-12-13-15-24(7,8)30-31(10,11)23(4,5)6;1-11(2,3)17-10(15)14-7-5-9(12)13-6-8(7)16-4/h16-17H,13,15H2,1-11H3,(H,25,26,27);5-6H,1-4H3,(H,13,14,15). The summed E-state index contributed by atoms with van der Waals surface area (Å²) in [4.78, 5) is 32.0. The largest absolute Gasteiger partial charge is 0.493 e. The van der Waals surface area contributed by atoms with Crippen molar-refractivity contribution in [2.45, 2.75) is 124 Å². The third kappa shape index (κ3) is 16.2. The highest BCUT2D eigenvalue weighted by Crippen LogP contribution is 2.40. The first-order chi connectivity index (χ1) is 21.8. The topological polar surface area (TPSA) is 130 Å². The smallest absolute Gasteiger partial charge is 0.412 e. The minimum atomic E-state index is -1.84. The fourth-order valence-corrected chi connectivity index (χ4v) is 5.81. The number of rotatable bonds is 8. The van der Waals surface area contributed by atoms with Crippen molar-refractivity contribution < 1.29 is 33.0 Å². The monoisotopic (exact) mass is 750 g/mol. The maximum atomic E-state index is 12.1. The summed E-state index contributed by atoms with van der Waals surface area (Å²) in [5, 5.41) is 5.47. The number of nitrogens with zero attached hydrogens (tertiary/aromatic N) is 2. The zero-order valence-corrected chi connectivity index (χ0v) is 33.9. The number of methoxy groups -OCH3 is 2. The third-order valence-electron chi connectivity index (χ3n) is 6.82. The van der Waals surface area contributed by atoms with Gasteiger partial charge in [-0.15, -0.1) is 0 Å². The predicted octanol–water partition coefficient (Wildman–Crippen LogP) is 9.57. The molecule has 48 heavy (non-hydrogen) atoms. The predicted molar refractivity (Wildman–Crippen MR) is 197 cm³/mol. The Morgan fingerprint density at radius 3 is 1.69 bits per heavy atom. The van der Waals surface area contributed by atoms with E-state index in [0.717, 1.165) is 6.42 Å². The van der Waals surface area contributed by atoms with Crippen molar-refractivity contribution in [3.63, 3.8) is 0 Å². The number of carbonyl (C=O) groups excluding carboxylic acids is 2.